The van der Waals surface area contributed by atoms with E-state index in [0.29, 0.717) is 18.0 Å². The number of nitrogens with one attached hydrogen (secondary N) is 1. The molecule has 2 N–H and O–H groups in total. The van der Waals surface area contributed by atoms with Gasteiger partial charge < -0.3 is 10.4 Å². The zero-order chi connectivity index (χ0) is 13.9. The van der Waals surface area contributed by atoms with Crippen LogP contribution >= 0.6 is 0 Å². The van der Waals surface area contributed by atoms with Gasteiger partial charge in [0.1, 0.15) is 0 Å². The highest BCUT2D eigenvalue weighted by Gasteiger charge is 2.32. The van der Waals surface area contributed by atoms with Gasteiger partial charge in [-0.25, -0.2) is 0 Å². The first-order valence-electron chi connectivity index (χ1n) is 6.92. The Morgan fingerprint density at radius 2 is 2.42 bits per heavy atom. The molecule has 4 heteroatoms. The third kappa shape index (κ3) is 3.77. The highest BCUT2D eigenvalue weighted by molar-refractivity contribution is 5.94. The van der Waals surface area contributed by atoms with Gasteiger partial charge in [-0.3, -0.25) is 9.78 Å². The number of aryl methyl sites for hydroxylation is 1. The highest BCUT2D eigenvalue weighted by Crippen LogP contribution is 2.31. The molecule has 2 atom stereocenters. The molecule has 4 nitrogen and oxygen atoms in total. The lowest BCUT2D eigenvalue weighted by Gasteiger charge is -2.35. The van der Waals surface area contributed by atoms with Crippen molar-refractivity contribution in [3.8, 4) is 0 Å². The summed E-state index contributed by atoms with van der Waals surface area (Å²) in [7, 11) is 0. The van der Waals surface area contributed by atoms with Crippen molar-refractivity contribution in [3.63, 3.8) is 0 Å². The van der Waals surface area contributed by atoms with E-state index in [1.165, 1.54) is 6.42 Å². The summed E-state index contributed by atoms with van der Waals surface area (Å²) in [4.78, 5) is 16.1. The number of carbonyl (C=O) groups is 1. The van der Waals surface area contributed by atoms with Crippen LogP contribution < -0.4 is 5.32 Å². The molecule has 0 spiro atoms. The molecule has 0 aliphatic heterocycles. The fraction of sp³-hybridized carbons (Fsp3) is 0.600. The maximum Gasteiger partial charge on any atom is 0.251 e. The Morgan fingerprint density at radius 1 is 1.63 bits per heavy atom. The van der Waals surface area contributed by atoms with Crippen LogP contribution in [0.25, 0.3) is 0 Å². The molecule has 0 radical (unpaired) electrons. The summed E-state index contributed by atoms with van der Waals surface area (Å²) >= 11 is 0. The molecule has 1 amide bonds. The molecule has 0 aromatic carbocycles. The Balaban J connectivity index is 1.93. The van der Waals surface area contributed by atoms with Crippen LogP contribution in [0.1, 0.15) is 48.7 Å². The Kier molecular flexibility index (Phi) is 4.20. The summed E-state index contributed by atoms with van der Waals surface area (Å²) in [6.45, 7) is 4.34. The molecule has 0 saturated heterocycles. The minimum atomic E-state index is -0.741. The maximum absolute atomic E-state index is 12.0. The van der Waals surface area contributed by atoms with Gasteiger partial charge in [-0.2, -0.15) is 0 Å². The molecule has 1 saturated carbocycles. The molecule has 19 heavy (non-hydrogen) atoms. The number of carbonyl (C=O) groups excluding carboxylic acids is 1. The van der Waals surface area contributed by atoms with Gasteiger partial charge >= 0.3 is 0 Å². The monoisotopic (exact) mass is 262 g/mol. The van der Waals surface area contributed by atoms with Gasteiger partial charge in [-0.1, -0.05) is 19.8 Å². The minimum Gasteiger partial charge on any atom is -0.388 e. The molecule has 1 aromatic rings. The quantitative estimate of drug-likeness (QED) is 0.876. The molecule has 1 aromatic heterocycles. The summed E-state index contributed by atoms with van der Waals surface area (Å²) in [5.41, 5.74) is 0.674. The van der Waals surface area contributed by atoms with Crippen molar-refractivity contribution in [1.29, 1.82) is 0 Å². The maximum atomic E-state index is 12.0. The number of pyridine rings is 1. The number of nitrogens with zero attached hydrogens (tertiary/aromatic N) is 1. The van der Waals surface area contributed by atoms with Gasteiger partial charge in [0, 0.05) is 24.0 Å². The molecule has 1 fully saturated rings. The third-order valence-electron chi connectivity index (χ3n) is 3.80. The smallest absolute Gasteiger partial charge is 0.251 e. The lowest BCUT2D eigenvalue weighted by atomic mass is 9.79. The highest BCUT2D eigenvalue weighted by atomic mass is 16.3. The van der Waals surface area contributed by atoms with Crippen LogP contribution in [0.2, 0.25) is 0 Å². The predicted molar refractivity (Wildman–Crippen MR) is 73.9 cm³/mol. The van der Waals surface area contributed by atoms with Crippen LogP contribution in [0, 0.1) is 12.8 Å². The van der Waals surface area contributed by atoms with Crippen LogP contribution in [0.3, 0.4) is 0 Å². The first-order valence-corrected chi connectivity index (χ1v) is 6.92. The Labute approximate surface area is 114 Å². The van der Waals surface area contributed by atoms with Gasteiger partial charge in [0.05, 0.1) is 5.60 Å². The molecular weight excluding hydrogens is 240 g/mol. The molecule has 1 heterocycles. The second-order valence-corrected chi connectivity index (χ2v) is 5.79. The van der Waals surface area contributed by atoms with Crippen LogP contribution in [-0.4, -0.2) is 28.1 Å². The topological polar surface area (TPSA) is 62.2 Å². The lowest BCUT2D eigenvalue weighted by molar-refractivity contribution is -0.0109. The van der Waals surface area contributed by atoms with Gasteiger partial charge in [-0.05, 0) is 37.8 Å². The number of aromatic nitrogens is 1. The Morgan fingerprint density at radius 3 is 3.11 bits per heavy atom. The van der Waals surface area contributed by atoms with E-state index in [-0.39, 0.29) is 5.91 Å². The van der Waals surface area contributed by atoms with Crippen molar-refractivity contribution in [1.82, 2.24) is 10.3 Å². The van der Waals surface area contributed by atoms with E-state index in [0.717, 1.165) is 25.0 Å². The normalized spacial score (nSPS) is 27.0. The summed E-state index contributed by atoms with van der Waals surface area (Å²) in [5.74, 6) is 0.385. The average Bonchev–Trinajstić information content (AvgIpc) is 2.36. The predicted octanol–water partition coefficient (Wildman–Crippen LogP) is 2.06. The summed E-state index contributed by atoms with van der Waals surface area (Å²) in [5, 5.41) is 13.3. The number of hydrogen-bond donors (Lipinski definition) is 2. The van der Waals surface area contributed by atoms with Crippen LogP contribution in [0.5, 0.6) is 0 Å². The minimum absolute atomic E-state index is 0.142. The number of hydrogen-bond acceptors (Lipinski definition) is 3. The van der Waals surface area contributed by atoms with Crippen LogP contribution in [-0.2, 0) is 0 Å². The standard InChI is InChI=1S/C15H22N2O2/c1-11-4-3-6-15(19,9-11)10-17-14(18)13-5-7-16-12(2)8-13/h5,7-8,11,19H,3-4,6,9-10H2,1-2H3,(H,17,18). The van der Waals surface area contributed by atoms with E-state index in [4.69, 9.17) is 0 Å². The van der Waals surface area contributed by atoms with E-state index in [9.17, 15) is 9.90 Å². The van der Waals surface area contributed by atoms with E-state index in [1.54, 1.807) is 18.3 Å². The fourth-order valence-electron chi connectivity index (χ4n) is 2.83. The molecule has 2 rings (SSSR count). The van der Waals surface area contributed by atoms with E-state index in [1.807, 2.05) is 6.92 Å². The fourth-order valence-corrected chi connectivity index (χ4v) is 2.83. The SMILES string of the molecule is Cc1cc(C(=O)NCC2(O)CCCC(C)C2)ccn1. The third-order valence-corrected chi connectivity index (χ3v) is 3.80. The molecule has 0 bridgehead atoms. The van der Waals surface area contributed by atoms with Crippen molar-refractivity contribution in [2.75, 3.05) is 6.54 Å². The van der Waals surface area contributed by atoms with E-state index >= 15 is 0 Å². The second kappa shape index (κ2) is 5.70. The lowest BCUT2D eigenvalue weighted by Crippen LogP contribution is -2.45. The molecule has 1 aliphatic carbocycles. The molecule has 1 aliphatic rings. The van der Waals surface area contributed by atoms with Crippen LogP contribution in [0.15, 0.2) is 18.3 Å². The number of aliphatic hydroxyl groups is 1. The molecule has 2 unspecified atom stereocenters. The zero-order valence-corrected chi connectivity index (χ0v) is 11.6. The van der Waals surface area contributed by atoms with Crippen molar-refractivity contribution < 1.29 is 9.90 Å². The van der Waals surface area contributed by atoms with E-state index < -0.39 is 5.60 Å². The van der Waals surface area contributed by atoms with Gasteiger partial charge in [0.15, 0.2) is 0 Å². The Bertz CT molecular complexity index is 461. The van der Waals surface area contributed by atoms with Gasteiger partial charge in [-0.15, -0.1) is 0 Å². The number of amides is 1. The van der Waals surface area contributed by atoms with Crippen molar-refractivity contribution in [2.45, 2.75) is 45.1 Å². The van der Waals surface area contributed by atoms with E-state index in [2.05, 4.69) is 17.2 Å². The van der Waals surface area contributed by atoms with Crippen molar-refractivity contribution >= 4 is 5.91 Å². The Hall–Kier alpha value is -1.42. The number of rotatable bonds is 3. The first-order chi connectivity index (χ1) is 8.98. The summed E-state index contributed by atoms with van der Waals surface area (Å²) < 4.78 is 0. The molecular formula is C15H22N2O2. The average molecular weight is 262 g/mol. The van der Waals surface area contributed by atoms with Crippen molar-refractivity contribution in [3.05, 3.63) is 29.6 Å². The molecule has 104 valence electrons. The first kappa shape index (κ1) is 14.0. The van der Waals surface area contributed by atoms with Gasteiger partial charge in [0.25, 0.3) is 5.91 Å². The zero-order valence-electron chi connectivity index (χ0n) is 11.6. The summed E-state index contributed by atoms with van der Waals surface area (Å²) in [6.07, 6.45) is 5.36. The van der Waals surface area contributed by atoms with Crippen LogP contribution in [0.4, 0.5) is 0 Å². The second-order valence-electron chi connectivity index (χ2n) is 5.79. The van der Waals surface area contributed by atoms with Gasteiger partial charge in [0.2, 0.25) is 0 Å². The largest absolute Gasteiger partial charge is 0.388 e. The van der Waals surface area contributed by atoms with Crippen molar-refractivity contribution in [2.24, 2.45) is 5.92 Å². The summed E-state index contributed by atoms with van der Waals surface area (Å²) in [6, 6.07) is 3.44.